The zero-order valence-electron chi connectivity index (χ0n) is 10.5. The standard InChI is InChI=1S/C11H15N3O5/c1-3-13(10(16)17)8-5-7(15)6-9(12-8)14(4-2)11(18)19/h5-6H,3-4H2,1-2H3,(H,12,15)(H,16,17)(H,18,19)/p-2. The number of aromatic amines is 1. The summed E-state index contributed by atoms with van der Waals surface area (Å²) in [6.45, 7) is 3.21. The van der Waals surface area contributed by atoms with Crippen molar-refractivity contribution in [3.05, 3.63) is 22.4 Å². The van der Waals surface area contributed by atoms with Crippen molar-refractivity contribution in [2.75, 3.05) is 22.9 Å². The van der Waals surface area contributed by atoms with Crippen LogP contribution >= 0.6 is 0 Å². The van der Waals surface area contributed by atoms with Crippen molar-refractivity contribution in [3.63, 3.8) is 0 Å². The van der Waals surface area contributed by atoms with Gasteiger partial charge < -0.3 is 34.6 Å². The van der Waals surface area contributed by atoms with Crippen molar-refractivity contribution in [2.45, 2.75) is 13.8 Å². The van der Waals surface area contributed by atoms with Crippen LogP contribution in [0, 0.1) is 0 Å². The number of pyridine rings is 1. The molecule has 19 heavy (non-hydrogen) atoms. The van der Waals surface area contributed by atoms with Crippen LogP contribution in [0.25, 0.3) is 0 Å². The van der Waals surface area contributed by atoms with Gasteiger partial charge in [0.05, 0.1) is 0 Å². The molecule has 0 aliphatic carbocycles. The average Bonchev–Trinajstić information content (AvgIpc) is 2.28. The third-order valence-corrected chi connectivity index (χ3v) is 2.47. The fourth-order valence-electron chi connectivity index (χ4n) is 1.60. The lowest BCUT2D eigenvalue weighted by molar-refractivity contribution is -0.247. The molecule has 0 radical (unpaired) electrons. The number of hydrogen-bond donors (Lipinski definition) is 1. The lowest BCUT2D eigenvalue weighted by atomic mass is 10.3. The molecule has 1 aromatic rings. The molecule has 0 bridgehead atoms. The predicted molar refractivity (Wildman–Crippen MR) is 63.9 cm³/mol. The summed E-state index contributed by atoms with van der Waals surface area (Å²) in [6, 6.07) is 2.10. The molecule has 1 N–H and O–H groups in total. The molecule has 2 amide bonds. The van der Waals surface area contributed by atoms with E-state index < -0.39 is 17.6 Å². The first-order chi connectivity index (χ1) is 8.90. The summed E-state index contributed by atoms with van der Waals surface area (Å²) in [4.78, 5) is 37.4. The first kappa shape index (κ1) is 14.6. The Balaban J connectivity index is 3.31. The molecule has 0 saturated heterocycles. The van der Waals surface area contributed by atoms with E-state index in [-0.39, 0.29) is 24.7 Å². The number of hydrogen-bond acceptors (Lipinski definition) is 5. The molecule has 0 aliphatic rings. The van der Waals surface area contributed by atoms with E-state index in [9.17, 15) is 24.6 Å². The van der Waals surface area contributed by atoms with Crippen LogP contribution in [0.1, 0.15) is 13.8 Å². The zero-order chi connectivity index (χ0) is 14.6. The van der Waals surface area contributed by atoms with Crippen molar-refractivity contribution in [3.8, 4) is 0 Å². The molecule has 1 aromatic heterocycles. The predicted octanol–water partition coefficient (Wildman–Crippen LogP) is -1.29. The maximum atomic E-state index is 11.5. The average molecular weight is 267 g/mol. The number of amides is 2. The molecular formula is C11H13N3O5-2. The first-order valence-corrected chi connectivity index (χ1v) is 5.62. The quantitative estimate of drug-likeness (QED) is 0.728. The summed E-state index contributed by atoms with van der Waals surface area (Å²) in [6.07, 6.45) is -2.99. The number of rotatable bonds is 4. The van der Waals surface area contributed by atoms with Crippen molar-refractivity contribution >= 4 is 23.8 Å². The largest absolute Gasteiger partial charge is 0.530 e. The second-order valence-electron chi connectivity index (χ2n) is 3.61. The van der Waals surface area contributed by atoms with E-state index in [1.54, 1.807) is 13.8 Å². The molecule has 0 aliphatic heterocycles. The molecule has 1 rings (SSSR count). The summed E-state index contributed by atoms with van der Waals surface area (Å²) in [5.74, 6) is -0.102. The van der Waals surface area contributed by atoms with Gasteiger partial charge in [-0.15, -0.1) is 0 Å². The van der Waals surface area contributed by atoms with Crippen LogP contribution in [0.4, 0.5) is 21.2 Å². The first-order valence-electron chi connectivity index (χ1n) is 5.62. The van der Waals surface area contributed by atoms with Crippen LogP contribution in [0.15, 0.2) is 16.9 Å². The van der Waals surface area contributed by atoms with E-state index in [1.807, 2.05) is 0 Å². The Morgan fingerprint density at radius 2 is 1.42 bits per heavy atom. The van der Waals surface area contributed by atoms with Crippen molar-refractivity contribution in [1.29, 1.82) is 0 Å². The van der Waals surface area contributed by atoms with Crippen LogP contribution in [-0.4, -0.2) is 30.3 Å². The zero-order valence-corrected chi connectivity index (χ0v) is 10.5. The molecule has 0 fully saturated rings. The van der Waals surface area contributed by atoms with Crippen molar-refractivity contribution < 1.29 is 19.8 Å². The Morgan fingerprint density at radius 1 is 1.05 bits per heavy atom. The van der Waals surface area contributed by atoms with Crippen molar-refractivity contribution in [1.82, 2.24) is 4.98 Å². The number of carboxylic acid groups (broad SMARTS) is 2. The van der Waals surface area contributed by atoms with Gasteiger partial charge in [-0.25, -0.2) is 0 Å². The fourth-order valence-corrected chi connectivity index (χ4v) is 1.60. The summed E-state index contributed by atoms with van der Waals surface area (Å²) in [7, 11) is 0. The van der Waals surface area contributed by atoms with Gasteiger partial charge in [0.1, 0.15) is 23.8 Å². The molecule has 0 unspecified atom stereocenters. The number of H-pyrrole nitrogens is 1. The van der Waals surface area contributed by atoms with Crippen LogP contribution in [-0.2, 0) is 0 Å². The Kier molecular flexibility index (Phi) is 4.51. The van der Waals surface area contributed by atoms with E-state index in [4.69, 9.17) is 0 Å². The summed E-state index contributed by atoms with van der Waals surface area (Å²) in [5.41, 5.74) is -0.525. The third kappa shape index (κ3) is 3.24. The molecular weight excluding hydrogens is 254 g/mol. The minimum atomic E-state index is -1.49. The van der Waals surface area contributed by atoms with E-state index in [0.717, 1.165) is 21.9 Å². The number of carbonyl (C=O) groups is 2. The topological polar surface area (TPSA) is 120 Å². The van der Waals surface area contributed by atoms with Gasteiger partial charge in [-0.1, -0.05) is 0 Å². The van der Waals surface area contributed by atoms with Crippen molar-refractivity contribution in [2.24, 2.45) is 0 Å². The summed E-state index contributed by atoms with van der Waals surface area (Å²) < 4.78 is 0. The molecule has 8 nitrogen and oxygen atoms in total. The normalized spacial score (nSPS) is 10.0. The van der Waals surface area contributed by atoms with E-state index in [0.29, 0.717) is 0 Å². The molecule has 1 heterocycles. The maximum absolute atomic E-state index is 11.5. The van der Waals surface area contributed by atoms with Crippen LogP contribution in [0.3, 0.4) is 0 Å². The van der Waals surface area contributed by atoms with Gasteiger partial charge in [-0.2, -0.15) is 0 Å². The highest BCUT2D eigenvalue weighted by Crippen LogP contribution is 2.14. The number of nitrogens with one attached hydrogen (secondary N) is 1. The van der Waals surface area contributed by atoms with Crippen LogP contribution in [0.5, 0.6) is 0 Å². The van der Waals surface area contributed by atoms with Gasteiger partial charge in [-0.3, -0.25) is 4.79 Å². The lowest BCUT2D eigenvalue weighted by Crippen LogP contribution is -2.44. The highest BCUT2D eigenvalue weighted by Gasteiger charge is 2.12. The second kappa shape index (κ2) is 5.89. The van der Waals surface area contributed by atoms with Crippen LogP contribution in [0.2, 0.25) is 0 Å². The molecule has 0 atom stereocenters. The highest BCUT2D eigenvalue weighted by molar-refractivity contribution is 5.85. The van der Waals surface area contributed by atoms with Gasteiger partial charge in [0.15, 0.2) is 5.43 Å². The highest BCUT2D eigenvalue weighted by atomic mass is 16.4. The number of aromatic nitrogens is 1. The molecule has 104 valence electrons. The van der Waals surface area contributed by atoms with Gasteiger partial charge >= 0.3 is 0 Å². The van der Waals surface area contributed by atoms with E-state index in [2.05, 4.69) is 4.98 Å². The van der Waals surface area contributed by atoms with E-state index >= 15 is 0 Å². The summed E-state index contributed by atoms with van der Waals surface area (Å²) in [5, 5.41) is 21.8. The number of anilines is 2. The monoisotopic (exact) mass is 267 g/mol. The summed E-state index contributed by atoms with van der Waals surface area (Å²) >= 11 is 0. The van der Waals surface area contributed by atoms with Gasteiger partial charge in [0, 0.05) is 25.2 Å². The maximum Gasteiger partial charge on any atom is 0.185 e. The molecule has 0 spiro atoms. The van der Waals surface area contributed by atoms with E-state index in [1.165, 1.54) is 0 Å². The molecule has 8 heteroatoms. The Labute approximate surface area is 108 Å². The Bertz CT molecular complexity index is 496. The van der Waals surface area contributed by atoms with Gasteiger partial charge in [-0.05, 0) is 13.8 Å². The smallest absolute Gasteiger partial charge is 0.185 e. The Morgan fingerprint density at radius 3 is 1.68 bits per heavy atom. The van der Waals surface area contributed by atoms with Gasteiger partial charge in [0.25, 0.3) is 0 Å². The lowest BCUT2D eigenvalue weighted by Gasteiger charge is -2.27. The minimum Gasteiger partial charge on any atom is -0.530 e. The van der Waals surface area contributed by atoms with Gasteiger partial charge in [0.2, 0.25) is 0 Å². The minimum absolute atomic E-state index is 0.0512. The Hall–Kier alpha value is -2.51. The number of nitrogens with zero attached hydrogens (tertiary/aromatic N) is 2. The second-order valence-corrected chi connectivity index (χ2v) is 3.61. The molecule has 0 saturated carbocycles. The SMILES string of the molecule is CCN(C(=O)[O-])c1cc(=O)cc(N(CC)C(=O)[O-])[nH]1. The molecule has 0 aromatic carbocycles. The number of carbonyl (C=O) groups excluding carboxylic acids is 2. The van der Waals surface area contributed by atoms with Crippen LogP contribution < -0.4 is 25.4 Å². The fraction of sp³-hybridized carbons (Fsp3) is 0.364. The third-order valence-electron chi connectivity index (χ3n) is 2.47.